The molecule has 2 amide bonds. The number of hydrogen-bond donors (Lipinski definition) is 0. The van der Waals surface area contributed by atoms with Crippen LogP contribution < -0.4 is 0 Å². The minimum absolute atomic E-state index is 0.122. The van der Waals surface area contributed by atoms with E-state index in [1.165, 1.54) is 0 Å². The van der Waals surface area contributed by atoms with Crippen molar-refractivity contribution in [1.29, 1.82) is 0 Å². The Hall–Kier alpha value is -1.31. The average Bonchev–Trinajstić information content (AvgIpc) is 2.76. The van der Waals surface area contributed by atoms with Crippen molar-refractivity contribution in [2.24, 2.45) is 11.3 Å². The number of likely N-dealkylation sites (tertiary alicyclic amines) is 1. The van der Waals surface area contributed by atoms with Crippen LogP contribution in [0.5, 0.6) is 0 Å². The monoisotopic (exact) mass is 336 g/mol. The Morgan fingerprint density at radius 3 is 2.48 bits per heavy atom. The fraction of sp³-hybridized carbons (Fsp3) is 0.867. The van der Waals surface area contributed by atoms with Crippen LogP contribution in [0.15, 0.2) is 0 Å². The summed E-state index contributed by atoms with van der Waals surface area (Å²) in [6, 6.07) is 0. The molecule has 0 aliphatic carbocycles. The van der Waals surface area contributed by atoms with Crippen LogP contribution in [0.2, 0.25) is 0 Å². The van der Waals surface area contributed by atoms with E-state index in [0.717, 1.165) is 4.90 Å². The lowest BCUT2D eigenvalue weighted by Gasteiger charge is -2.40. The molecule has 132 valence electrons. The molecule has 8 heteroatoms. The van der Waals surface area contributed by atoms with Crippen LogP contribution in [0.1, 0.15) is 27.2 Å². The lowest BCUT2D eigenvalue weighted by atomic mass is 9.88. The van der Waals surface area contributed by atoms with E-state index in [2.05, 4.69) is 0 Å². The number of nitrogens with zero attached hydrogens (tertiary/aromatic N) is 2. The van der Waals surface area contributed by atoms with Gasteiger partial charge in [0.25, 0.3) is 0 Å². The standard InChI is InChI=1S/C15H23F3N2O3/c1-14(2,3)11-8-19(4-5-23-11)13(22)10-6-12(21)20(7-10)9-15(16,17)18/h10-11H,4-9H2,1-3H3/t10-,11+/m0/s1. The van der Waals surface area contributed by atoms with Crippen LogP contribution in [0.25, 0.3) is 0 Å². The topological polar surface area (TPSA) is 49.9 Å². The van der Waals surface area contributed by atoms with Crippen molar-refractivity contribution in [3.8, 4) is 0 Å². The number of alkyl halides is 3. The molecule has 2 aliphatic heterocycles. The molecular formula is C15H23F3N2O3. The van der Waals surface area contributed by atoms with E-state index in [4.69, 9.17) is 4.74 Å². The Kier molecular flexibility index (Phi) is 4.94. The van der Waals surface area contributed by atoms with Crippen molar-refractivity contribution < 1.29 is 27.5 Å². The summed E-state index contributed by atoms with van der Waals surface area (Å²) in [6.07, 6.45) is -4.71. The van der Waals surface area contributed by atoms with Gasteiger partial charge in [-0.3, -0.25) is 9.59 Å². The molecule has 2 fully saturated rings. The molecule has 0 unspecified atom stereocenters. The Morgan fingerprint density at radius 2 is 1.91 bits per heavy atom. The maximum Gasteiger partial charge on any atom is 0.406 e. The molecule has 0 aromatic rings. The van der Waals surface area contributed by atoms with Crippen molar-refractivity contribution in [3.63, 3.8) is 0 Å². The Morgan fingerprint density at radius 1 is 1.26 bits per heavy atom. The first kappa shape index (κ1) is 18.0. The molecule has 23 heavy (non-hydrogen) atoms. The summed E-state index contributed by atoms with van der Waals surface area (Å²) in [5, 5.41) is 0. The van der Waals surface area contributed by atoms with Gasteiger partial charge in [0.05, 0.1) is 18.6 Å². The highest BCUT2D eigenvalue weighted by Crippen LogP contribution is 2.28. The van der Waals surface area contributed by atoms with Crippen molar-refractivity contribution in [3.05, 3.63) is 0 Å². The van der Waals surface area contributed by atoms with Gasteiger partial charge in [0.15, 0.2) is 0 Å². The maximum atomic E-state index is 12.5. The van der Waals surface area contributed by atoms with Gasteiger partial charge in [-0.2, -0.15) is 13.2 Å². The molecule has 0 spiro atoms. The summed E-state index contributed by atoms with van der Waals surface area (Å²) in [4.78, 5) is 26.6. The fourth-order valence-corrected chi connectivity index (χ4v) is 2.94. The molecule has 0 aromatic heterocycles. The van der Waals surface area contributed by atoms with Crippen molar-refractivity contribution >= 4 is 11.8 Å². The van der Waals surface area contributed by atoms with E-state index in [-0.39, 0.29) is 30.4 Å². The highest BCUT2D eigenvalue weighted by atomic mass is 19.4. The third kappa shape index (κ3) is 4.59. The Balaban J connectivity index is 1.97. The van der Waals surface area contributed by atoms with Crippen molar-refractivity contribution in [1.82, 2.24) is 9.80 Å². The average molecular weight is 336 g/mol. The maximum absolute atomic E-state index is 12.5. The first-order valence-corrected chi connectivity index (χ1v) is 7.72. The zero-order valence-electron chi connectivity index (χ0n) is 13.7. The van der Waals surface area contributed by atoms with Crippen LogP contribution in [0.4, 0.5) is 13.2 Å². The minimum Gasteiger partial charge on any atom is -0.374 e. The number of carbonyl (C=O) groups excluding carboxylic acids is 2. The first-order valence-electron chi connectivity index (χ1n) is 7.72. The second kappa shape index (κ2) is 6.30. The van der Waals surface area contributed by atoms with Gasteiger partial charge in [-0.15, -0.1) is 0 Å². The van der Waals surface area contributed by atoms with Crippen LogP contribution in [-0.2, 0) is 14.3 Å². The fourth-order valence-electron chi connectivity index (χ4n) is 2.94. The molecule has 2 atom stereocenters. The molecule has 2 rings (SSSR count). The van der Waals surface area contributed by atoms with Gasteiger partial charge in [-0.05, 0) is 5.41 Å². The number of ether oxygens (including phenoxy) is 1. The van der Waals surface area contributed by atoms with Crippen LogP contribution in [0.3, 0.4) is 0 Å². The predicted octanol–water partition coefficient (Wildman–Crippen LogP) is 1.67. The highest BCUT2D eigenvalue weighted by molar-refractivity contribution is 5.89. The van der Waals surface area contributed by atoms with E-state index >= 15 is 0 Å². The minimum atomic E-state index is -4.44. The molecule has 0 saturated carbocycles. The molecule has 0 aromatic carbocycles. The smallest absolute Gasteiger partial charge is 0.374 e. The zero-order chi connectivity index (χ0) is 17.4. The third-order valence-corrected chi connectivity index (χ3v) is 4.28. The number of hydrogen-bond acceptors (Lipinski definition) is 3. The number of amides is 2. The van der Waals surface area contributed by atoms with Crippen LogP contribution >= 0.6 is 0 Å². The summed E-state index contributed by atoms with van der Waals surface area (Å²) in [5.74, 6) is -1.55. The first-order chi connectivity index (χ1) is 10.5. The SMILES string of the molecule is CC(C)(C)[C@H]1CN(C(=O)[C@H]2CC(=O)N(CC(F)(F)F)C2)CCO1. The Labute approximate surface area is 133 Å². The van der Waals surface area contributed by atoms with E-state index in [1.807, 2.05) is 20.8 Å². The van der Waals surface area contributed by atoms with E-state index in [9.17, 15) is 22.8 Å². The summed E-state index contributed by atoms with van der Waals surface area (Å²) in [7, 11) is 0. The zero-order valence-corrected chi connectivity index (χ0v) is 13.7. The van der Waals surface area contributed by atoms with E-state index in [1.54, 1.807) is 4.90 Å². The second-order valence-electron chi connectivity index (χ2n) is 7.30. The lowest BCUT2D eigenvalue weighted by Crippen LogP contribution is -2.51. The molecule has 0 N–H and O–H groups in total. The van der Waals surface area contributed by atoms with Gasteiger partial charge < -0.3 is 14.5 Å². The number of rotatable bonds is 2. The molecule has 2 saturated heterocycles. The molecule has 0 bridgehead atoms. The normalized spacial score (nSPS) is 26.8. The van der Waals surface area contributed by atoms with Gasteiger partial charge in [-0.25, -0.2) is 0 Å². The van der Waals surface area contributed by atoms with Gasteiger partial charge in [-0.1, -0.05) is 20.8 Å². The summed E-state index contributed by atoms with van der Waals surface area (Å²) >= 11 is 0. The van der Waals surface area contributed by atoms with E-state index in [0.29, 0.717) is 19.7 Å². The predicted molar refractivity (Wildman–Crippen MR) is 76.5 cm³/mol. The highest BCUT2D eigenvalue weighted by Gasteiger charge is 2.43. The van der Waals surface area contributed by atoms with Crippen molar-refractivity contribution in [2.75, 3.05) is 32.8 Å². The molecule has 5 nitrogen and oxygen atoms in total. The summed E-state index contributed by atoms with van der Waals surface area (Å²) in [6.45, 7) is 5.81. The second-order valence-corrected chi connectivity index (χ2v) is 7.30. The number of morpholine rings is 1. The molecule has 0 radical (unpaired) electrons. The lowest BCUT2D eigenvalue weighted by molar-refractivity contribution is -0.157. The molecule has 2 aliphatic rings. The number of halogens is 3. The van der Waals surface area contributed by atoms with Gasteiger partial charge >= 0.3 is 6.18 Å². The molecular weight excluding hydrogens is 313 g/mol. The summed E-state index contributed by atoms with van der Waals surface area (Å²) < 4.78 is 43.0. The largest absolute Gasteiger partial charge is 0.406 e. The van der Waals surface area contributed by atoms with Gasteiger partial charge in [0.2, 0.25) is 11.8 Å². The van der Waals surface area contributed by atoms with Gasteiger partial charge in [0, 0.05) is 26.1 Å². The van der Waals surface area contributed by atoms with Gasteiger partial charge in [0.1, 0.15) is 6.54 Å². The quantitative estimate of drug-likeness (QED) is 0.771. The Bertz CT molecular complexity index is 474. The molecule has 2 heterocycles. The van der Waals surface area contributed by atoms with E-state index < -0.39 is 24.5 Å². The third-order valence-electron chi connectivity index (χ3n) is 4.28. The number of carbonyl (C=O) groups is 2. The van der Waals surface area contributed by atoms with Crippen LogP contribution in [-0.4, -0.2) is 66.7 Å². The van der Waals surface area contributed by atoms with Crippen molar-refractivity contribution in [2.45, 2.75) is 39.5 Å². The summed E-state index contributed by atoms with van der Waals surface area (Å²) in [5.41, 5.74) is -0.132. The van der Waals surface area contributed by atoms with Crippen LogP contribution in [0, 0.1) is 11.3 Å².